The van der Waals surface area contributed by atoms with Crippen LogP contribution in [0.3, 0.4) is 0 Å². The Morgan fingerprint density at radius 1 is 1.20 bits per heavy atom. The molecular weight excluding hydrogens is 349 g/mol. The van der Waals surface area contributed by atoms with Gasteiger partial charge in [0.25, 0.3) is 5.69 Å². The topological polar surface area (TPSA) is 84.3 Å². The Hall–Kier alpha value is -2.67. The predicted molar refractivity (Wildman–Crippen MR) is 92.2 cm³/mol. The molecule has 1 saturated carbocycles. The lowest BCUT2D eigenvalue weighted by molar-refractivity contribution is -0.384. The highest BCUT2D eigenvalue weighted by Gasteiger charge is 2.40. The molecule has 0 radical (unpaired) electrons. The number of rotatable bonds is 4. The van der Waals surface area contributed by atoms with Crippen molar-refractivity contribution in [3.05, 3.63) is 69.0 Å². The van der Waals surface area contributed by atoms with Crippen LogP contribution < -0.4 is 10.6 Å². The van der Waals surface area contributed by atoms with E-state index in [1.165, 1.54) is 30.3 Å². The number of hydrogen-bond donors (Lipinski definition) is 2. The molecule has 2 aromatic carbocycles. The SMILES string of the molecule is O=C(Nc1ccc([N+](=O)[O-])cc1Cl)NC1(c2ccc(F)cc2)CCC1. The molecule has 0 spiro atoms. The molecule has 0 saturated heterocycles. The first-order valence-corrected chi connectivity index (χ1v) is 8.07. The summed E-state index contributed by atoms with van der Waals surface area (Å²) in [5.74, 6) is -0.333. The zero-order valence-corrected chi connectivity index (χ0v) is 13.8. The lowest BCUT2D eigenvalue weighted by Gasteiger charge is -2.43. The minimum absolute atomic E-state index is 0.0776. The number of urea groups is 1. The van der Waals surface area contributed by atoms with E-state index in [1.54, 1.807) is 12.1 Å². The fraction of sp³-hybridized carbons (Fsp3) is 0.235. The second-order valence-electron chi connectivity index (χ2n) is 5.94. The van der Waals surface area contributed by atoms with Gasteiger partial charge in [-0.1, -0.05) is 23.7 Å². The van der Waals surface area contributed by atoms with Crippen LogP contribution >= 0.6 is 11.6 Å². The number of hydrogen-bond acceptors (Lipinski definition) is 3. The Labute approximate surface area is 148 Å². The van der Waals surface area contributed by atoms with Gasteiger partial charge < -0.3 is 10.6 Å². The van der Waals surface area contributed by atoms with Crippen LogP contribution in [0.4, 0.5) is 20.6 Å². The van der Waals surface area contributed by atoms with Gasteiger partial charge in [-0.25, -0.2) is 9.18 Å². The molecule has 3 rings (SSSR count). The first-order valence-electron chi connectivity index (χ1n) is 7.69. The van der Waals surface area contributed by atoms with Crippen LogP contribution in [0.25, 0.3) is 0 Å². The monoisotopic (exact) mass is 363 g/mol. The molecule has 6 nitrogen and oxygen atoms in total. The van der Waals surface area contributed by atoms with Crippen LogP contribution in [0, 0.1) is 15.9 Å². The van der Waals surface area contributed by atoms with Crippen molar-refractivity contribution < 1.29 is 14.1 Å². The summed E-state index contributed by atoms with van der Waals surface area (Å²) in [5.41, 5.74) is 0.423. The lowest BCUT2D eigenvalue weighted by atomic mass is 9.72. The van der Waals surface area contributed by atoms with Crippen LogP contribution in [0.15, 0.2) is 42.5 Å². The summed E-state index contributed by atoms with van der Waals surface area (Å²) in [6.45, 7) is 0. The second kappa shape index (κ2) is 6.68. The summed E-state index contributed by atoms with van der Waals surface area (Å²) in [4.78, 5) is 22.5. The molecule has 0 aromatic heterocycles. The van der Waals surface area contributed by atoms with E-state index in [1.807, 2.05) is 0 Å². The molecule has 0 heterocycles. The van der Waals surface area contributed by atoms with Gasteiger partial charge in [-0.05, 0) is 43.0 Å². The van der Waals surface area contributed by atoms with Crippen LogP contribution in [0.2, 0.25) is 5.02 Å². The highest BCUT2D eigenvalue weighted by atomic mass is 35.5. The number of nitro groups is 1. The number of nitro benzene ring substituents is 1. The van der Waals surface area contributed by atoms with Gasteiger partial charge in [-0.3, -0.25) is 10.1 Å². The van der Waals surface area contributed by atoms with Crippen molar-refractivity contribution in [2.75, 3.05) is 5.32 Å². The van der Waals surface area contributed by atoms with Crippen LogP contribution in [0.5, 0.6) is 0 Å². The predicted octanol–water partition coefficient (Wildman–Crippen LogP) is 4.59. The number of halogens is 2. The number of carbonyl (C=O) groups excluding carboxylic acids is 1. The second-order valence-corrected chi connectivity index (χ2v) is 6.35. The van der Waals surface area contributed by atoms with E-state index in [0.29, 0.717) is 0 Å². The highest BCUT2D eigenvalue weighted by Crippen LogP contribution is 2.41. The van der Waals surface area contributed by atoms with Crippen molar-refractivity contribution in [2.24, 2.45) is 0 Å². The van der Waals surface area contributed by atoms with Gasteiger partial charge in [0, 0.05) is 12.1 Å². The van der Waals surface area contributed by atoms with E-state index in [-0.39, 0.29) is 22.2 Å². The van der Waals surface area contributed by atoms with Crippen molar-refractivity contribution in [3.8, 4) is 0 Å². The van der Waals surface area contributed by atoms with Crippen LogP contribution in [-0.2, 0) is 5.54 Å². The number of anilines is 1. The first kappa shape index (κ1) is 17.2. The van der Waals surface area contributed by atoms with E-state index < -0.39 is 16.5 Å². The number of amides is 2. The Morgan fingerprint density at radius 3 is 2.40 bits per heavy atom. The summed E-state index contributed by atoms with van der Waals surface area (Å²) in [6.07, 6.45) is 2.45. The summed E-state index contributed by atoms with van der Waals surface area (Å²) in [7, 11) is 0. The maximum absolute atomic E-state index is 13.1. The molecule has 1 aliphatic rings. The largest absolute Gasteiger partial charge is 0.328 e. The first-order chi connectivity index (χ1) is 11.9. The smallest absolute Gasteiger partial charge is 0.319 e. The van der Waals surface area contributed by atoms with Crippen molar-refractivity contribution >= 4 is 29.0 Å². The molecular formula is C17H15ClFN3O3. The van der Waals surface area contributed by atoms with Gasteiger partial charge in [0.05, 0.1) is 21.2 Å². The van der Waals surface area contributed by atoms with E-state index in [0.717, 1.165) is 24.8 Å². The van der Waals surface area contributed by atoms with Gasteiger partial charge in [-0.2, -0.15) is 0 Å². The highest BCUT2D eigenvalue weighted by molar-refractivity contribution is 6.33. The minimum Gasteiger partial charge on any atom is -0.328 e. The zero-order chi connectivity index (χ0) is 18.0. The van der Waals surface area contributed by atoms with Gasteiger partial charge >= 0.3 is 6.03 Å². The summed E-state index contributed by atoms with van der Waals surface area (Å²) in [5, 5.41) is 16.3. The van der Waals surface area contributed by atoms with Crippen molar-refractivity contribution in [3.63, 3.8) is 0 Å². The molecule has 0 atom stereocenters. The number of nitrogens with zero attached hydrogens (tertiary/aromatic N) is 1. The van der Waals surface area contributed by atoms with Crippen LogP contribution in [-0.4, -0.2) is 11.0 Å². The van der Waals surface area contributed by atoms with Gasteiger partial charge in [0.15, 0.2) is 0 Å². The summed E-state index contributed by atoms with van der Waals surface area (Å²) >= 11 is 5.98. The van der Waals surface area contributed by atoms with Gasteiger partial charge in [0.1, 0.15) is 5.82 Å². The van der Waals surface area contributed by atoms with E-state index in [4.69, 9.17) is 11.6 Å². The molecule has 8 heteroatoms. The summed E-state index contributed by atoms with van der Waals surface area (Å²) < 4.78 is 13.1. The van der Waals surface area contributed by atoms with Crippen molar-refractivity contribution in [1.82, 2.24) is 5.32 Å². The maximum atomic E-state index is 13.1. The average Bonchev–Trinajstić information content (AvgIpc) is 2.53. The molecule has 1 aliphatic carbocycles. The average molecular weight is 364 g/mol. The number of non-ortho nitro benzene ring substituents is 1. The van der Waals surface area contributed by atoms with Crippen molar-refractivity contribution in [2.45, 2.75) is 24.8 Å². The number of carbonyl (C=O) groups is 1. The molecule has 0 bridgehead atoms. The maximum Gasteiger partial charge on any atom is 0.319 e. The molecule has 25 heavy (non-hydrogen) atoms. The van der Waals surface area contributed by atoms with Gasteiger partial charge in [0.2, 0.25) is 0 Å². The molecule has 2 amide bonds. The zero-order valence-electron chi connectivity index (χ0n) is 13.1. The fourth-order valence-electron chi connectivity index (χ4n) is 2.87. The third-order valence-electron chi connectivity index (χ3n) is 4.37. The quantitative estimate of drug-likeness (QED) is 0.615. The molecule has 2 N–H and O–H groups in total. The number of benzene rings is 2. The Bertz CT molecular complexity index is 822. The molecule has 130 valence electrons. The Morgan fingerprint density at radius 2 is 1.88 bits per heavy atom. The standard InChI is InChI=1S/C17H15ClFN3O3/c18-14-10-13(22(24)25)6-7-15(14)20-16(23)21-17(8-1-9-17)11-2-4-12(19)5-3-11/h2-7,10H,1,8-9H2,(H2,20,21,23). The molecule has 0 unspecified atom stereocenters. The van der Waals surface area contributed by atoms with Crippen LogP contribution in [0.1, 0.15) is 24.8 Å². The van der Waals surface area contributed by atoms with Crippen molar-refractivity contribution in [1.29, 1.82) is 0 Å². The minimum atomic E-state index is -0.562. The van der Waals surface area contributed by atoms with Gasteiger partial charge in [-0.15, -0.1) is 0 Å². The molecule has 0 aliphatic heterocycles. The normalized spacial score (nSPS) is 15.1. The number of nitrogens with one attached hydrogen (secondary N) is 2. The van der Waals surface area contributed by atoms with E-state index in [2.05, 4.69) is 10.6 Å². The molecule has 1 fully saturated rings. The lowest BCUT2D eigenvalue weighted by Crippen LogP contribution is -2.52. The third-order valence-corrected chi connectivity index (χ3v) is 4.68. The third kappa shape index (κ3) is 3.56. The fourth-order valence-corrected chi connectivity index (χ4v) is 3.10. The Balaban J connectivity index is 1.73. The Kier molecular flexibility index (Phi) is 4.59. The summed E-state index contributed by atoms with van der Waals surface area (Å²) in [6, 6.07) is 9.40. The van der Waals surface area contributed by atoms with E-state index in [9.17, 15) is 19.3 Å². The molecule has 2 aromatic rings. The van der Waals surface area contributed by atoms with E-state index >= 15 is 0 Å².